The third-order valence-corrected chi connectivity index (χ3v) is 9.45. The zero-order valence-corrected chi connectivity index (χ0v) is 21.4. The van der Waals surface area contributed by atoms with Crippen molar-refractivity contribution in [3.8, 4) is 5.88 Å². The molecule has 0 aliphatic heterocycles. The van der Waals surface area contributed by atoms with E-state index in [2.05, 4.69) is 37.0 Å². The van der Waals surface area contributed by atoms with Crippen molar-refractivity contribution in [2.45, 2.75) is 55.4 Å². The van der Waals surface area contributed by atoms with Crippen molar-refractivity contribution in [3.05, 3.63) is 88.1 Å². The Hall–Kier alpha value is -3.19. The van der Waals surface area contributed by atoms with E-state index in [0.29, 0.717) is 17.4 Å². The minimum atomic E-state index is -3.35. The van der Waals surface area contributed by atoms with Crippen LogP contribution < -0.4 is 4.74 Å². The van der Waals surface area contributed by atoms with Gasteiger partial charge in [-0.05, 0) is 63.6 Å². The summed E-state index contributed by atoms with van der Waals surface area (Å²) in [7, 11) is -3.35. The Balaban J connectivity index is 1.25. The molecule has 3 aromatic rings. The van der Waals surface area contributed by atoms with E-state index in [-0.39, 0.29) is 29.1 Å². The molecule has 1 heterocycles. The summed E-state index contributed by atoms with van der Waals surface area (Å²) in [6.07, 6.45) is 4.66. The van der Waals surface area contributed by atoms with Crippen molar-refractivity contribution in [1.82, 2.24) is 4.98 Å². The average molecular weight is 504 g/mol. The number of ether oxygens (including phenoxy) is 1. The zero-order valence-electron chi connectivity index (χ0n) is 20.6. The quantitative estimate of drug-likeness (QED) is 0.517. The Morgan fingerprint density at radius 3 is 2.64 bits per heavy atom. The lowest BCUT2D eigenvalue weighted by molar-refractivity contribution is -0.139. The summed E-state index contributed by atoms with van der Waals surface area (Å²) in [5, 5.41) is 9.32. The average Bonchev–Trinajstić information content (AvgIpc) is 3.32. The number of sulfone groups is 1. The first-order chi connectivity index (χ1) is 17.0. The highest BCUT2D eigenvalue weighted by Gasteiger charge is 2.60. The van der Waals surface area contributed by atoms with E-state index in [1.807, 2.05) is 18.2 Å². The molecule has 0 radical (unpaired) electrons. The van der Waals surface area contributed by atoms with Gasteiger partial charge in [-0.3, -0.25) is 4.79 Å². The van der Waals surface area contributed by atoms with Gasteiger partial charge in [0.25, 0.3) is 0 Å². The molecule has 3 aliphatic rings. The van der Waals surface area contributed by atoms with Gasteiger partial charge < -0.3 is 9.84 Å². The van der Waals surface area contributed by atoms with Crippen molar-refractivity contribution in [2.24, 2.45) is 11.8 Å². The lowest BCUT2D eigenvalue weighted by atomic mass is 9.85. The van der Waals surface area contributed by atoms with Crippen molar-refractivity contribution < 1.29 is 23.1 Å². The number of nitrogens with zero attached hydrogens (tertiary/aromatic N) is 1. The van der Waals surface area contributed by atoms with Gasteiger partial charge in [-0.2, -0.15) is 0 Å². The molecule has 6 nitrogen and oxygen atoms in total. The van der Waals surface area contributed by atoms with E-state index in [1.54, 1.807) is 18.3 Å². The summed E-state index contributed by atoms with van der Waals surface area (Å²) in [6.45, 7) is 4.77. The van der Waals surface area contributed by atoms with E-state index in [1.165, 1.54) is 11.8 Å². The normalized spacial score (nSPS) is 25.1. The minimum absolute atomic E-state index is 0.00657. The van der Waals surface area contributed by atoms with Crippen molar-refractivity contribution in [3.63, 3.8) is 0 Å². The summed E-state index contributed by atoms with van der Waals surface area (Å²) < 4.78 is 31.1. The van der Waals surface area contributed by atoms with Crippen LogP contribution in [0.4, 0.5) is 0 Å². The third kappa shape index (κ3) is 3.72. The van der Waals surface area contributed by atoms with E-state index in [9.17, 15) is 18.3 Å². The van der Waals surface area contributed by atoms with Crippen LogP contribution in [0.5, 0.6) is 5.88 Å². The second kappa shape index (κ2) is 7.90. The van der Waals surface area contributed by atoms with E-state index in [4.69, 9.17) is 4.74 Å². The number of aliphatic carboxylic acids is 1. The molecule has 6 rings (SSSR count). The van der Waals surface area contributed by atoms with Crippen LogP contribution in [0.1, 0.15) is 65.5 Å². The number of carboxylic acids is 1. The van der Waals surface area contributed by atoms with Crippen LogP contribution in [0, 0.1) is 11.8 Å². The van der Waals surface area contributed by atoms with Crippen LogP contribution in [-0.2, 0) is 33.1 Å². The highest BCUT2D eigenvalue weighted by Crippen LogP contribution is 2.61. The second-order valence-corrected chi connectivity index (χ2v) is 13.1. The number of carboxylic acid groups (broad SMARTS) is 1. The van der Waals surface area contributed by atoms with Crippen LogP contribution in [0.25, 0.3) is 0 Å². The molecular weight excluding hydrogens is 474 g/mol. The standard InChI is InChI=1S/C29H29NO5S/c1-29(2)13-21(18-6-4-5-7-24(18)36(3,33)34)19-10-16(8-9-23(19)29)15-35-25-12-17-11-20-26(22(17)14-30-25)27(20)28(31)32/h4-10,12,14,20-21,26-27H,11,13,15H2,1-3H3,(H,31,32)/t20-,21?,26?,27+/m1/s1. The van der Waals surface area contributed by atoms with Crippen LogP contribution in [0.2, 0.25) is 0 Å². The molecule has 0 bridgehead atoms. The molecular formula is C29H29NO5S. The molecule has 36 heavy (non-hydrogen) atoms. The van der Waals surface area contributed by atoms with Crippen molar-refractivity contribution >= 4 is 15.8 Å². The van der Waals surface area contributed by atoms with Gasteiger partial charge in [-0.15, -0.1) is 0 Å². The molecule has 2 unspecified atom stereocenters. The summed E-state index contributed by atoms with van der Waals surface area (Å²) >= 11 is 0. The van der Waals surface area contributed by atoms with Gasteiger partial charge in [-0.1, -0.05) is 50.2 Å². The molecule has 4 atom stereocenters. The number of hydrogen-bond donors (Lipinski definition) is 1. The SMILES string of the molecule is CC1(C)CC(c2ccccc2S(C)(=O)=O)c2cc(COc3cc4c(cn3)C3[C@@H](C4)[C@@H]3C(=O)O)ccc21. The molecule has 1 aromatic heterocycles. The van der Waals surface area contributed by atoms with E-state index < -0.39 is 15.8 Å². The summed E-state index contributed by atoms with van der Waals surface area (Å²) in [6, 6.07) is 15.6. The number of aromatic nitrogens is 1. The number of hydrogen-bond acceptors (Lipinski definition) is 5. The predicted molar refractivity (Wildman–Crippen MR) is 135 cm³/mol. The fourth-order valence-corrected chi connectivity index (χ4v) is 7.53. The largest absolute Gasteiger partial charge is 0.481 e. The molecule has 1 fully saturated rings. The lowest BCUT2D eigenvalue weighted by Gasteiger charge is -2.20. The number of benzene rings is 2. The predicted octanol–water partition coefficient (Wildman–Crippen LogP) is 4.85. The van der Waals surface area contributed by atoms with Gasteiger partial charge in [0.05, 0.1) is 10.8 Å². The first-order valence-electron chi connectivity index (χ1n) is 12.3. The fraction of sp³-hybridized carbons (Fsp3) is 0.379. The van der Waals surface area contributed by atoms with Gasteiger partial charge in [0.2, 0.25) is 5.88 Å². The number of fused-ring (bicyclic) bond motifs is 4. The molecule has 0 saturated heterocycles. The number of carbonyl (C=O) groups is 1. The number of rotatable bonds is 6. The topological polar surface area (TPSA) is 93.6 Å². The Bertz CT molecular complexity index is 1510. The maximum absolute atomic E-state index is 12.5. The lowest BCUT2D eigenvalue weighted by Crippen LogP contribution is -2.13. The molecule has 2 aromatic carbocycles. The van der Waals surface area contributed by atoms with Gasteiger partial charge in [0.15, 0.2) is 9.84 Å². The summed E-state index contributed by atoms with van der Waals surface area (Å²) in [5.41, 5.74) is 6.36. The summed E-state index contributed by atoms with van der Waals surface area (Å²) in [5.74, 6) is -0.141. The van der Waals surface area contributed by atoms with Gasteiger partial charge in [0, 0.05) is 30.4 Å². The smallest absolute Gasteiger partial charge is 0.307 e. The van der Waals surface area contributed by atoms with Crippen LogP contribution in [-0.4, -0.2) is 30.7 Å². The molecule has 1 saturated carbocycles. The van der Waals surface area contributed by atoms with Gasteiger partial charge in [0.1, 0.15) is 6.61 Å². The molecule has 186 valence electrons. The van der Waals surface area contributed by atoms with Crippen LogP contribution in [0.3, 0.4) is 0 Å². The Labute approximate surface area is 211 Å². The molecule has 7 heteroatoms. The molecule has 1 N–H and O–H groups in total. The monoisotopic (exact) mass is 503 g/mol. The first kappa shape index (κ1) is 23.2. The second-order valence-electron chi connectivity index (χ2n) is 11.1. The highest BCUT2D eigenvalue weighted by molar-refractivity contribution is 7.90. The maximum atomic E-state index is 12.5. The highest BCUT2D eigenvalue weighted by atomic mass is 32.2. The number of pyridine rings is 1. The van der Waals surface area contributed by atoms with Crippen molar-refractivity contribution in [2.75, 3.05) is 6.26 Å². The van der Waals surface area contributed by atoms with E-state index >= 15 is 0 Å². The summed E-state index contributed by atoms with van der Waals surface area (Å²) in [4.78, 5) is 16.2. The van der Waals surface area contributed by atoms with Crippen LogP contribution >= 0.6 is 0 Å². The van der Waals surface area contributed by atoms with Crippen molar-refractivity contribution in [1.29, 1.82) is 0 Å². The van der Waals surface area contributed by atoms with Gasteiger partial charge in [-0.25, -0.2) is 13.4 Å². The third-order valence-electron chi connectivity index (χ3n) is 8.28. The molecule has 3 aliphatic carbocycles. The minimum Gasteiger partial charge on any atom is -0.481 e. The Morgan fingerprint density at radius 1 is 1.11 bits per heavy atom. The van der Waals surface area contributed by atoms with Gasteiger partial charge >= 0.3 is 5.97 Å². The van der Waals surface area contributed by atoms with E-state index in [0.717, 1.165) is 40.7 Å². The van der Waals surface area contributed by atoms with Crippen LogP contribution in [0.15, 0.2) is 59.6 Å². The fourth-order valence-electron chi connectivity index (χ4n) is 6.56. The first-order valence-corrected chi connectivity index (χ1v) is 14.2. The Morgan fingerprint density at radius 2 is 1.89 bits per heavy atom. The zero-order chi connectivity index (χ0) is 25.4. The Kier molecular flexibility index (Phi) is 5.10. The maximum Gasteiger partial charge on any atom is 0.307 e. The molecule has 0 spiro atoms. The molecule has 0 amide bonds.